The molecule has 0 aliphatic carbocycles. The van der Waals surface area contributed by atoms with Gasteiger partial charge in [-0.2, -0.15) is 4.99 Å². The predicted molar refractivity (Wildman–Crippen MR) is 118 cm³/mol. The van der Waals surface area contributed by atoms with Crippen molar-refractivity contribution in [2.24, 2.45) is 4.99 Å². The SMILES string of the molecule is CCC(C(=O)O)n1c(=NC(=O)c2ccc(C)cc2)sc2cc(C(=O)N3CCC3)ccc21. The van der Waals surface area contributed by atoms with E-state index < -0.39 is 17.9 Å². The van der Waals surface area contributed by atoms with Gasteiger partial charge in [-0.25, -0.2) is 4.79 Å². The molecule has 0 spiro atoms. The number of aryl methyl sites for hydroxylation is 1. The van der Waals surface area contributed by atoms with Crippen molar-refractivity contribution in [2.75, 3.05) is 13.1 Å². The lowest BCUT2D eigenvalue weighted by Crippen LogP contribution is -2.41. The van der Waals surface area contributed by atoms with Crippen LogP contribution in [0.15, 0.2) is 47.5 Å². The topological polar surface area (TPSA) is 92.0 Å². The number of nitrogens with zero attached hydrogens (tertiary/aromatic N) is 3. The number of carboxylic acids is 1. The van der Waals surface area contributed by atoms with Gasteiger partial charge in [-0.15, -0.1) is 0 Å². The summed E-state index contributed by atoms with van der Waals surface area (Å²) in [5.74, 6) is -1.46. The number of hydrogen-bond donors (Lipinski definition) is 1. The van der Waals surface area contributed by atoms with Crippen LogP contribution in [0.3, 0.4) is 0 Å². The van der Waals surface area contributed by atoms with Crippen molar-refractivity contribution in [3.05, 3.63) is 64.0 Å². The van der Waals surface area contributed by atoms with Gasteiger partial charge in [-0.3, -0.25) is 9.59 Å². The van der Waals surface area contributed by atoms with Gasteiger partial charge in [0, 0.05) is 24.2 Å². The molecule has 1 N–H and O–H groups in total. The minimum absolute atomic E-state index is 0.0346. The van der Waals surface area contributed by atoms with Gasteiger partial charge in [0.2, 0.25) is 0 Å². The van der Waals surface area contributed by atoms with Gasteiger partial charge in [0.25, 0.3) is 11.8 Å². The lowest BCUT2D eigenvalue weighted by atomic mass is 10.1. The molecule has 4 rings (SSSR count). The number of benzene rings is 2. The summed E-state index contributed by atoms with van der Waals surface area (Å²) in [6.45, 7) is 5.22. The first-order valence-corrected chi connectivity index (χ1v) is 11.0. The summed E-state index contributed by atoms with van der Waals surface area (Å²) in [5.41, 5.74) is 2.67. The molecular weight excluding hydrogens is 414 g/mol. The average Bonchev–Trinajstić information content (AvgIpc) is 3.04. The van der Waals surface area contributed by atoms with Crippen LogP contribution >= 0.6 is 11.3 Å². The van der Waals surface area contributed by atoms with Crippen molar-refractivity contribution in [1.82, 2.24) is 9.47 Å². The van der Waals surface area contributed by atoms with Crippen LogP contribution in [0.25, 0.3) is 10.2 Å². The first kappa shape index (κ1) is 21.0. The van der Waals surface area contributed by atoms with E-state index in [-0.39, 0.29) is 5.91 Å². The fourth-order valence-electron chi connectivity index (χ4n) is 3.57. The molecule has 1 aliphatic rings. The average molecular weight is 438 g/mol. The van der Waals surface area contributed by atoms with Crippen LogP contribution in [0.1, 0.15) is 52.1 Å². The van der Waals surface area contributed by atoms with Crippen LogP contribution in [0, 0.1) is 6.92 Å². The number of carbonyl (C=O) groups excluding carboxylic acids is 2. The highest BCUT2D eigenvalue weighted by Crippen LogP contribution is 2.25. The third-order valence-corrected chi connectivity index (χ3v) is 6.51. The molecule has 1 aromatic heterocycles. The van der Waals surface area contributed by atoms with Crippen LogP contribution in [-0.4, -0.2) is 45.4 Å². The molecule has 2 amide bonds. The van der Waals surface area contributed by atoms with E-state index in [1.807, 2.05) is 19.1 Å². The first-order chi connectivity index (χ1) is 14.9. The predicted octanol–water partition coefficient (Wildman–Crippen LogP) is 3.63. The highest BCUT2D eigenvalue weighted by molar-refractivity contribution is 7.16. The van der Waals surface area contributed by atoms with E-state index in [0.29, 0.717) is 27.9 Å². The second kappa shape index (κ2) is 8.47. The summed E-state index contributed by atoms with van der Waals surface area (Å²) in [6.07, 6.45) is 1.34. The third-order valence-electron chi connectivity index (χ3n) is 5.50. The number of likely N-dealkylation sites (tertiary alicyclic amines) is 1. The first-order valence-electron chi connectivity index (χ1n) is 10.2. The number of thiazole rings is 1. The maximum Gasteiger partial charge on any atom is 0.326 e. The van der Waals surface area contributed by atoms with Crippen molar-refractivity contribution in [1.29, 1.82) is 0 Å². The number of carbonyl (C=O) groups is 3. The van der Waals surface area contributed by atoms with E-state index >= 15 is 0 Å². The lowest BCUT2D eigenvalue weighted by Gasteiger charge is -2.30. The molecule has 2 heterocycles. The van der Waals surface area contributed by atoms with Crippen LogP contribution in [0.2, 0.25) is 0 Å². The number of aromatic nitrogens is 1. The Morgan fingerprint density at radius 3 is 2.35 bits per heavy atom. The molecule has 1 atom stereocenters. The van der Waals surface area contributed by atoms with Gasteiger partial charge in [0.1, 0.15) is 6.04 Å². The zero-order valence-electron chi connectivity index (χ0n) is 17.4. The van der Waals surface area contributed by atoms with Gasteiger partial charge in [-0.1, -0.05) is 36.0 Å². The third kappa shape index (κ3) is 4.03. The molecule has 1 aliphatic heterocycles. The Labute approximate surface area is 183 Å². The molecule has 0 saturated carbocycles. The molecule has 160 valence electrons. The number of carboxylic acid groups (broad SMARTS) is 1. The van der Waals surface area contributed by atoms with E-state index in [2.05, 4.69) is 4.99 Å². The van der Waals surface area contributed by atoms with Gasteiger partial charge in [-0.05, 0) is 50.1 Å². The van der Waals surface area contributed by atoms with Crippen LogP contribution in [0.5, 0.6) is 0 Å². The van der Waals surface area contributed by atoms with Crippen molar-refractivity contribution in [3.8, 4) is 0 Å². The van der Waals surface area contributed by atoms with E-state index in [1.54, 1.807) is 46.7 Å². The van der Waals surface area contributed by atoms with Gasteiger partial charge in [0.15, 0.2) is 4.80 Å². The molecule has 31 heavy (non-hydrogen) atoms. The minimum Gasteiger partial charge on any atom is -0.480 e. The number of hydrogen-bond acceptors (Lipinski definition) is 4. The van der Waals surface area contributed by atoms with Gasteiger partial charge < -0.3 is 14.6 Å². The summed E-state index contributed by atoms with van der Waals surface area (Å²) < 4.78 is 2.31. The minimum atomic E-state index is -0.993. The Kier molecular flexibility index (Phi) is 5.73. The molecule has 1 saturated heterocycles. The monoisotopic (exact) mass is 437 g/mol. The van der Waals surface area contributed by atoms with Crippen LogP contribution < -0.4 is 4.80 Å². The zero-order valence-corrected chi connectivity index (χ0v) is 18.2. The fourth-order valence-corrected chi connectivity index (χ4v) is 4.68. The quantitative estimate of drug-likeness (QED) is 0.660. The summed E-state index contributed by atoms with van der Waals surface area (Å²) in [4.78, 5) is 43.6. The maximum atomic E-state index is 12.8. The summed E-state index contributed by atoms with van der Waals surface area (Å²) >= 11 is 1.22. The van der Waals surface area contributed by atoms with Crippen molar-refractivity contribution >= 4 is 39.3 Å². The Morgan fingerprint density at radius 2 is 1.77 bits per heavy atom. The second-order valence-electron chi connectivity index (χ2n) is 7.63. The summed E-state index contributed by atoms with van der Waals surface area (Å²) in [5, 5.41) is 9.76. The van der Waals surface area contributed by atoms with E-state index in [1.165, 1.54) is 11.3 Å². The molecule has 3 aromatic rings. The Balaban J connectivity index is 1.85. The molecule has 1 unspecified atom stereocenters. The van der Waals surface area contributed by atoms with E-state index in [0.717, 1.165) is 29.8 Å². The Hall–Kier alpha value is -3.26. The number of aliphatic carboxylic acids is 1. The van der Waals surface area contributed by atoms with Crippen LogP contribution in [-0.2, 0) is 4.79 Å². The Bertz CT molecular complexity index is 1240. The Morgan fingerprint density at radius 1 is 1.10 bits per heavy atom. The molecular formula is C23H23N3O4S. The zero-order chi connectivity index (χ0) is 22.1. The van der Waals surface area contributed by atoms with Gasteiger partial charge >= 0.3 is 5.97 Å². The largest absolute Gasteiger partial charge is 0.480 e. The number of amides is 2. The summed E-state index contributed by atoms with van der Waals surface area (Å²) in [6, 6.07) is 11.4. The molecule has 2 aromatic carbocycles. The molecule has 0 radical (unpaired) electrons. The molecule has 7 nitrogen and oxygen atoms in total. The van der Waals surface area contributed by atoms with Crippen LogP contribution in [0.4, 0.5) is 0 Å². The van der Waals surface area contributed by atoms with Crippen molar-refractivity contribution < 1.29 is 19.5 Å². The van der Waals surface area contributed by atoms with E-state index in [4.69, 9.17) is 0 Å². The van der Waals surface area contributed by atoms with Crippen molar-refractivity contribution in [2.45, 2.75) is 32.7 Å². The smallest absolute Gasteiger partial charge is 0.326 e. The highest BCUT2D eigenvalue weighted by Gasteiger charge is 2.25. The maximum absolute atomic E-state index is 12.8. The highest BCUT2D eigenvalue weighted by atomic mass is 32.1. The van der Waals surface area contributed by atoms with Gasteiger partial charge in [0.05, 0.1) is 10.2 Å². The summed E-state index contributed by atoms with van der Waals surface area (Å²) in [7, 11) is 0. The van der Waals surface area contributed by atoms with Crippen molar-refractivity contribution in [3.63, 3.8) is 0 Å². The number of rotatable bonds is 5. The molecule has 8 heteroatoms. The molecule has 0 bridgehead atoms. The normalized spacial score (nSPS) is 15.0. The lowest BCUT2D eigenvalue weighted by molar-refractivity contribution is -0.140. The molecule has 1 fully saturated rings. The van der Waals surface area contributed by atoms with E-state index in [9.17, 15) is 19.5 Å². The standard InChI is InChI=1S/C23H23N3O4S/c1-3-17(22(29)30)26-18-10-9-16(21(28)25-11-4-12-25)13-19(18)31-23(26)24-20(27)15-7-5-14(2)6-8-15/h5-10,13,17H,3-4,11-12H2,1-2H3,(H,29,30). The fraction of sp³-hybridized carbons (Fsp3) is 0.304. The second-order valence-corrected chi connectivity index (χ2v) is 8.64. The number of fused-ring (bicyclic) bond motifs is 1.